The number of aliphatic hydroxyl groups is 1. The highest BCUT2D eigenvalue weighted by Gasteiger charge is 2.29. The van der Waals surface area contributed by atoms with Crippen LogP contribution in [0, 0.1) is 0 Å². The molecule has 27 heavy (non-hydrogen) atoms. The number of sulfonamides is 1. The molecule has 1 aliphatic rings. The lowest BCUT2D eigenvalue weighted by Crippen LogP contribution is -2.49. The SMILES string of the molecule is CCOc1ccc(S(=O)(=O)N2CCN(C[C@H](O)c3ccccc3)CC2)cc1. The van der Waals surface area contributed by atoms with Crippen LogP contribution < -0.4 is 4.74 Å². The van der Waals surface area contributed by atoms with E-state index in [0.717, 1.165) is 5.56 Å². The molecule has 6 nitrogen and oxygen atoms in total. The molecule has 0 amide bonds. The molecule has 1 fully saturated rings. The van der Waals surface area contributed by atoms with Crippen molar-refractivity contribution in [3.63, 3.8) is 0 Å². The number of rotatable bonds is 7. The number of β-amino-alcohol motifs (C(OH)–C–C–N with tert-alkyl or cyclic N) is 1. The molecule has 146 valence electrons. The van der Waals surface area contributed by atoms with Gasteiger partial charge in [-0.1, -0.05) is 30.3 Å². The van der Waals surface area contributed by atoms with E-state index in [4.69, 9.17) is 4.74 Å². The van der Waals surface area contributed by atoms with Gasteiger partial charge >= 0.3 is 0 Å². The maximum atomic E-state index is 12.8. The van der Waals surface area contributed by atoms with Crippen LogP contribution in [0.1, 0.15) is 18.6 Å². The minimum atomic E-state index is -3.51. The van der Waals surface area contributed by atoms with Crippen molar-refractivity contribution in [2.24, 2.45) is 0 Å². The van der Waals surface area contributed by atoms with Crippen molar-refractivity contribution in [1.82, 2.24) is 9.21 Å². The van der Waals surface area contributed by atoms with Gasteiger partial charge in [-0.25, -0.2) is 8.42 Å². The minimum absolute atomic E-state index is 0.281. The topological polar surface area (TPSA) is 70.1 Å². The lowest BCUT2D eigenvalue weighted by atomic mass is 10.1. The van der Waals surface area contributed by atoms with E-state index in [2.05, 4.69) is 4.90 Å². The van der Waals surface area contributed by atoms with Gasteiger partial charge in [-0.3, -0.25) is 4.90 Å². The van der Waals surface area contributed by atoms with Gasteiger partial charge in [-0.05, 0) is 36.8 Å². The summed E-state index contributed by atoms with van der Waals surface area (Å²) < 4.78 is 32.5. The minimum Gasteiger partial charge on any atom is -0.494 e. The molecule has 0 aromatic heterocycles. The fourth-order valence-electron chi connectivity index (χ4n) is 3.20. The molecule has 0 bridgehead atoms. The first kappa shape index (κ1) is 19.8. The molecule has 1 N–H and O–H groups in total. The number of hydrogen-bond acceptors (Lipinski definition) is 5. The lowest BCUT2D eigenvalue weighted by molar-refractivity contribution is 0.0921. The predicted molar refractivity (Wildman–Crippen MR) is 104 cm³/mol. The summed E-state index contributed by atoms with van der Waals surface area (Å²) in [5.41, 5.74) is 0.877. The van der Waals surface area contributed by atoms with Gasteiger partial charge in [0, 0.05) is 32.7 Å². The smallest absolute Gasteiger partial charge is 0.243 e. The van der Waals surface area contributed by atoms with E-state index in [1.165, 1.54) is 4.31 Å². The zero-order valence-electron chi connectivity index (χ0n) is 15.5. The molecule has 2 aromatic rings. The van der Waals surface area contributed by atoms with E-state index in [-0.39, 0.29) is 4.90 Å². The number of ether oxygens (including phenoxy) is 1. The van der Waals surface area contributed by atoms with Crippen LogP contribution in [0.4, 0.5) is 0 Å². The number of benzene rings is 2. The molecule has 1 heterocycles. The first-order chi connectivity index (χ1) is 13.0. The number of piperazine rings is 1. The summed E-state index contributed by atoms with van der Waals surface area (Å²) >= 11 is 0. The quantitative estimate of drug-likeness (QED) is 0.784. The Hall–Kier alpha value is -1.93. The van der Waals surface area contributed by atoms with Gasteiger partial charge in [0.05, 0.1) is 17.6 Å². The highest BCUT2D eigenvalue weighted by Crippen LogP contribution is 2.22. The first-order valence-corrected chi connectivity index (χ1v) is 10.6. The highest BCUT2D eigenvalue weighted by atomic mass is 32.2. The van der Waals surface area contributed by atoms with Crippen molar-refractivity contribution in [1.29, 1.82) is 0 Å². The van der Waals surface area contributed by atoms with Crippen LogP contribution in [-0.4, -0.2) is 62.1 Å². The second kappa shape index (κ2) is 8.84. The zero-order chi connectivity index (χ0) is 19.3. The van der Waals surface area contributed by atoms with Crippen LogP contribution in [-0.2, 0) is 10.0 Å². The summed E-state index contributed by atoms with van der Waals surface area (Å²) in [6, 6.07) is 16.1. The summed E-state index contributed by atoms with van der Waals surface area (Å²) in [6.07, 6.45) is -0.569. The Kier molecular flexibility index (Phi) is 6.49. The molecule has 3 rings (SSSR count). The number of aliphatic hydroxyl groups excluding tert-OH is 1. The van der Waals surface area contributed by atoms with Crippen LogP contribution in [0.15, 0.2) is 59.5 Å². The fourth-order valence-corrected chi connectivity index (χ4v) is 4.62. The second-order valence-electron chi connectivity index (χ2n) is 6.54. The summed E-state index contributed by atoms with van der Waals surface area (Å²) in [5, 5.41) is 10.4. The third-order valence-corrected chi connectivity index (χ3v) is 6.63. The maximum Gasteiger partial charge on any atom is 0.243 e. The van der Waals surface area contributed by atoms with E-state index < -0.39 is 16.1 Å². The summed E-state index contributed by atoms with van der Waals surface area (Å²) in [5.74, 6) is 0.663. The van der Waals surface area contributed by atoms with Crippen molar-refractivity contribution in [3.05, 3.63) is 60.2 Å². The van der Waals surface area contributed by atoms with Crippen molar-refractivity contribution in [3.8, 4) is 5.75 Å². The standard InChI is InChI=1S/C20H26N2O4S/c1-2-26-18-8-10-19(11-9-18)27(24,25)22-14-12-21(13-15-22)16-20(23)17-6-4-3-5-7-17/h3-11,20,23H,2,12-16H2,1H3/t20-/m0/s1. The van der Waals surface area contributed by atoms with Crippen LogP contribution >= 0.6 is 0 Å². The average molecular weight is 391 g/mol. The first-order valence-electron chi connectivity index (χ1n) is 9.19. The van der Waals surface area contributed by atoms with E-state index in [1.807, 2.05) is 37.3 Å². The molecule has 1 atom stereocenters. The Bertz CT molecular complexity index is 817. The largest absolute Gasteiger partial charge is 0.494 e. The normalized spacial score (nSPS) is 17.6. The Morgan fingerprint density at radius 1 is 1.00 bits per heavy atom. The molecule has 0 saturated carbocycles. The molecule has 1 aliphatic heterocycles. The van der Waals surface area contributed by atoms with Gasteiger partial charge in [0.2, 0.25) is 10.0 Å². The molecule has 0 unspecified atom stereocenters. The van der Waals surface area contributed by atoms with Crippen LogP contribution in [0.2, 0.25) is 0 Å². The van der Waals surface area contributed by atoms with E-state index >= 15 is 0 Å². The van der Waals surface area contributed by atoms with Gasteiger partial charge < -0.3 is 9.84 Å². The summed E-state index contributed by atoms with van der Waals surface area (Å²) in [7, 11) is -3.51. The lowest BCUT2D eigenvalue weighted by Gasteiger charge is -2.35. The van der Waals surface area contributed by atoms with E-state index in [9.17, 15) is 13.5 Å². The zero-order valence-corrected chi connectivity index (χ0v) is 16.3. The van der Waals surface area contributed by atoms with Crippen molar-refractivity contribution in [2.45, 2.75) is 17.9 Å². The Morgan fingerprint density at radius 3 is 2.22 bits per heavy atom. The van der Waals surface area contributed by atoms with Crippen LogP contribution in [0.3, 0.4) is 0 Å². The third kappa shape index (κ3) is 4.87. The van der Waals surface area contributed by atoms with Crippen molar-refractivity contribution in [2.75, 3.05) is 39.3 Å². The molecule has 1 saturated heterocycles. The highest BCUT2D eigenvalue weighted by molar-refractivity contribution is 7.89. The van der Waals surface area contributed by atoms with Gasteiger partial charge in [-0.15, -0.1) is 0 Å². The van der Waals surface area contributed by atoms with E-state index in [0.29, 0.717) is 45.1 Å². The summed E-state index contributed by atoms with van der Waals surface area (Å²) in [4.78, 5) is 2.38. The number of nitrogens with zero attached hydrogens (tertiary/aromatic N) is 2. The molecule has 7 heteroatoms. The Balaban J connectivity index is 1.57. The van der Waals surface area contributed by atoms with Crippen molar-refractivity contribution < 1.29 is 18.3 Å². The molecule has 0 radical (unpaired) electrons. The van der Waals surface area contributed by atoms with Gasteiger partial charge in [-0.2, -0.15) is 4.31 Å². The molecular weight excluding hydrogens is 364 g/mol. The molecule has 2 aromatic carbocycles. The Labute approximate surface area is 161 Å². The predicted octanol–water partition coefficient (Wildman–Crippen LogP) is 2.13. The molecule has 0 spiro atoms. The Morgan fingerprint density at radius 2 is 1.63 bits per heavy atom. The van der Waals surface area contributed by atoms with E-state index in [1.54, 1.807) is 24.3 Å². The number of hydrogen-bond donors (Lipinski definition) is 1. The van der Waals surface area contributed by atoms with Crippen molar-refractivity contribution >= 4 is 10.0 Å². The van der Waals surface area contributed by atoms with Crippen LogP contribution in [0.5, 0.6) is 5.75 Å². The fraction of sp³-hybridized carbons (Fsp3) is 0.400. The maximum absolute atomic E-state index is 12.8. The van der Waals surface area contributed by atoms with Crippen LogP contribution in [0.25, 0.3) is 0 Å². The third-order valence-electron chi connectivity index (χ3n) is 4.72. The monoisotopic (exact) mass is 390 g/mol. The van der Waals surface area contributed by atoms with Gasteiger partial charge in [0.1, 0.15) is 5.75 Å². The van der Waals surface area contributed by atoms with Gasteiger partial charge in [0.15, 0.2) is 0 Å². The summed E-state index contributed by atoms with van der Waals surface area (Å²) in [6.45, 7) is 4.96. The molecule has 0 aliphatic carbocycles. The van der Waals surface area contributed by atoms with Gasteiger partial charge in [0.25, 0.3) is 0 Å². The second-order valence-corrected chi connectivity index (χ2v) is 8.47. The average Bonchev–Trinajstić information content (AvgIpc) is 2.70. The molecular formula is C20H26N2O4S.